The van der Waals surface area contributed by atoms with Crippen LogP contribution in [0.2, 0.25) is 0 Å². The lowest BCUT2D eigenvalue weighted by atomic mass is 10.5. The van der Waals surface area contributed by atoms with Crippen LogP contribution < -0.4 is 0 Å². The first kappa shape index (κ1) is 9.08. The smallest absolute Gasteiger partial charge is 0.196 e. The Balaban J connectivity index is 2.25. The van der Waals surface area contributed by atoms with Gasteiger partial charge < -0.3 is 9.47 Å². The minimum absolute atomic E-state index is 0.233. The van der Waals surface area contributed by atoms with Gasteiger partial charge in [-0.15, -0.1) is 11.3 Å². The fraction of sp³-hybridized carbons (Fsp3) is 0.500. The Morgan fingerprint density at radius 2 is 2.00 bits per heavy atom. The molecule has 0 radical (unpaired) electrons. The molecule has 0 aromatic carbocycles. The molecule has 12 heavy (non-hydrogen) atoms. The van der Waals surface area contributed by atoms with Gasteiger partial charge in [0.25, 0.3) is 0 Å². The van der Waals surface area contributed by atoms with Crippen molar-refractivity contribution in [2.45, 2.75) is 6.29 Å². The lowest BCUT2D eigenvalue weighted by Crippen LogP contribution is -1.95. The molecule has 3 nitrogen and oxygen atoms in total. The Labute approximate surface area is 90.3 Å². The number of hydrogen-bond acceptors (Lipinski definition) is 4. The van der Waals surface area contributed by atoms with Crippen LogP contribution in [0, 0.1) is 0 Å². The van der Waals surface area contributed by atoms with Crippen molar-refractivity contribution < 1.29 is 9.47 Å². The summed E-state index contributed by atoms with van der Waals surface area (Å²) in [4.78, 5) is 5.13. The first-order valence-electron chi connectivity index (χ1n) is 3.32. The maximum atomic E-state index is 5.33. The third kappa shape index (κ3) is 1.72. The SMILES string of the molecule is Brc1nc(Br)c(C2OCCO2)s1. The van der Waals surface area contributed by atoms with E-state index in [0.29, 0.717) is 13.2 Å². The van der Waals surface area contributed by atoms with Crippen LogP contribution in [0.5, 0.6) is 0 Å². The lowest BCUT2D eigenvalue weighted by molar-refractivity contribution is -0.0419. The number of thiazole rings is 1. The van der Waals surface area contributed by atoms with E-state index in [1.807, 2.05) is 0 Å². The van der Waals surface area contributed by atoms with E-state index in [1.54, 1.807) is 0 Å². The summed E-state index contributed by atoms with van der Waals surface area (Å²) in [6.45, 7) is 1.32. The second-order valence-corrected chi connectivity index (χ2v) is 5.25. The highest BCUT2D eigenvalue weighted by Gasteiger charge is 2.23. The number of rotatable bonds is 1. The van der Waals surface area contributed by atoms with Gasteiger partial charge in [-0.2, -0.15) is 0 Å². The highest BCUT2D eigenvalue weighted by Crippen LogP contribution is 2.36. The molecule has 6 heteroatoms. The summed E-state index contributed by atoms with van der Waals surface area (Å²) in [5.41, 5.74) is 0. The molecule has 66 valence electrons. The van der Waals surface area contributed by atoms with E-state index in [0.717, 1.165) is 13.4 Å². The minimum Gasteiger partial charge on any atom is -0.345 e. The molecule has 0 amide bonds. The van der Waals surface area contributed by atoms with E-state index >= 15 is 0 Å². The molecular formula is C6H5Br2NO2S. The van der Waals surface area contributed by atoms with E-state index < -0.39 is 0 Å². The van der Waals surface area contributed by atoms with Crippen LogP contribution in [0.3, 0.4) is 0 Å². The predicted octanol–water partition coefficient (Wildman–Crippen LogP) is 2.71. The van der Waals surface area contributed by atoms with Crippen molar-refractivity contribution in [1.82, 2.24) is 4.98 Å². The highest BCUT2D eigenvalue weighted by molar-refractivity contribution is 9.11. The van der Waals surface area contributed by atoms with Gasteiger partial charge in [-0.1, -0.05) is 0 Å². The first-order chi connectivity index (χ1) is 5.77. The molecule has 1 saturated heterocycles. The van der Waals surface area contributed by atoms with Crippen molar-refractivity contribution >= 4 is 43.2 Å². The minimum atomic E-state index is -0.233. The number of nitrogens with zero attached hydrogens (tertiary/aromatic N) is 1. The van der Waals surface area contributed by atoms with Gasteiger partial charge in [0.05, 0.1) is 18.1 Å². The lowest BCUT2D eigenvalue weighted by Gasteiger charge is -2.04. The van der Waals surface area contributed by atoms with E-state index in [-0.39, 0.29) is 6.29 Å². The van der Waals surface area contributed by atoms with Crippen molar-refractivity contribution in [2.24, 2.45) is 0 Å². The second kappa shape index (κ2) is 3.71. The summed E-state index contributed by atoms with van der Waals surface area (Å²) in [6, 6.07) is 0. The average Bonchev–Trinajstić information content (AvgIpc) is 2.58. The van der Waals surface area contributed by atoms with Gasteiger partial charge in [0, 0.05) is 0 Å². The number of aromatic nitrogens is 1. The molecular weight excluding hydrogens is 310 g/mol. The quantitative estimate of drug-likeness (QED) is 0.798. The molecule has 0 aliphatic carbocycles. The number of ether oxygens (including phenoxy) is 2. The standard InChI is InChI=1S/C6H5Br2NO2S/c7-4-3(12-6(8)9-4)5-10-1-2-11-5/h5H,1-2H2. The van der Waals surface area contributed by atoms with Gasteiger partial charge in [-0.3, -0.25) is 0 Å². The van der Waals surface area contributed by atoms with E-state index in [9.17, 15) is 0 Å². The number of hydrogen-bond donors (Lipinski definition) is 0. The maximum absolute atomic E-state index is 5.33. The molecule has 0 spiro atoms. The molecule has 0 N–H and O–H groups in total. The van der Waals surface area contributed by atoms with Gasteiger partial charge in [-0.05, 0) is 31.9 Å². The Kier molecular flexibility index (Phi) is 2.81. The molecule has 2 rings (SSSR count). The summed E-state index contributed by atoms with van der Waals surface area (Å²) in [5, 5.41) is 0. The van der Waals surface area contributed by atoms with E-state index in [1.165, 1.54) is 11.3 Å². The summed E-state index contributed by atoms with van der Waals surface area (Å²) in [7, 11) is 0. The highest BCUT2D eigenvalue weighted by atomic mass is 79.9. The van der Waals surface area contributed by atoms with Crippen LogP contribution >= 0.6 is 43.2 Å². The Hall–Kier alpha value is 0.510. The molecule has 0 saturated carbocycles. The average molecular weight is 315 g/mol. The predicted molar refractivity (Wildman–Crippen MR) is 52.2 cm³/mol. The molecule has 1 fully saturated rings. The van der Waals surface area contributed by atoms with Crippen molar-refractivity contribution in [1.29, 1.82) is 0 Å². The fourth-order valence-corrected chi connectivity index (χ4v) is 3.29. The third-order valence-electron chi connectivity index (χ3n) is 1.42. The normalized spacial score (nSPS) is 18.8. The van der Waals surface area contributed by atoms with Crippen molar-refractivity contribution in [3.05, 3.63) is 13.4 Å². The molecule has 1 aliphatic rings. The largest absolute Gasteiger partial charge is 0.345 e. The van der Waals surface area contributed by atoms with Crippen molar-refractivity contribution in [2.75, 3.05) is 13.2 Å². The van der Waals surface area contributed by atoms with Gasteiger partial charge >= 0.3 is 0 Å². The molecule has 0 unspecified atom stereocenters. The van der Waals surface area contributed by atoms with Crippen LogP contribution in [0.1, 0.15) is 11.2 Å². The summed E-state index contributed by atoms with van der Waals surface area (Å²) >= 11 is 8.15. The van der Waals surface area contributed by atoms with Crippen LogP contribution in [0.25, 0.3) is 0 Å². The summed E-state index contributed by atoms with van der Waals surface area (Å²) in [6.07, 6.45) is -0.233. The molecule has 0 bridgehead atoms. The Bertz CT molecular complexity index is 285. The number of halogens is 2. The molecule has 1 aromatic rings. The summed E-state index contributed by atoms with van der Waals surface area (Å²) in [5.74, 6) is 0. The third-order valence-corrected chi connectivity index (χ3v) is 3.81. The Morgan fingerprint density at radius 3 is 2.50 bits per heavy atom. The van der Waals surface area contributed by atoms with Gasteiger partial charge in [0.15, 0.2) is 10.2 Å². The van der Waals surface area contributed by atoms with E-state index in [4.69, 9.17) is 9.47 Å². The second-order valence-electron chi connectivity index (χ2n) is 2.20. The monoisotopic (exact) mass is 313 g/mol. The maximum Gasteiger partial charge on any atom is 0.196 e. The zero-order valence-corrected chi connectivity index (χ0v) is 9.91. The molecule has 1 aliphatic heterocycles. The summed E-state index contributed by atoms with van der Waals surface area (Å²) < 4.78 is 12.3. The van der Waals surface area contributed by atoms with E-state index in [2.05, 4.69) is 36.8 Å². The van der Waals surface area contributed by atoms with Gasteiger partial charge in [-0.25, -0.2) is 4.98 Å². The molecule has 2 heterocycles. The molecule has 1 aromatic heterocycles. The first-order valence-corrected chi connectivity index (χ1v) is 5.72. The fourth-order valence-electron chi connectivity index (χ4n) is 0.943. The van der Waals surface area contributed by atoms with Crippen LogP contribution in [0.4, 0.5) is 0 Å². The molecule has 0 atom stereocenters. The van der Waals surface area contributed by atoms with Crippen molar-refractivity contribution in [3.8, 4) is 0 Å². The van der Waals surface area contributed by atoms with Crippen LogP contribution in [0.15, 0.2) is 8.52 Å². The zero-order valence-electron chi connectivity index (χ0n) is 5.92. The van der Waals surface area contributed by atoms with Gasteiger partial charge in [0.1, 0.15) is 4.60 Å². The van der Waals surface area contributed by atoms with Crippen LogP contribution in [-0.2, 0) is 9.47 Å². The topological polar surface area (TPSA) is 31.4 Å². The Morgan fingerprint density at radius 1 is 1.33 bits per heavy atom. The zero-order chi connectivity index (χ0) is 8.55. The van der Waals surface area contributed by atoms with Crippen molar-refractivity contribution in [3.63, 3.8) is 0 Å². The van der Waals surface area contributed by atoms with Gasteiger partial charge in [0.2, 0.25) is 0 Å². The van der Waals surface area contributed by atoms with Crippen LogP contribution in [-0.4, -0.2) is 18.2 Å².